The van der Waals surface area contributed by atoms with Crippen molar-refractivity contribution in [2.24, 2.45) is 11.8 Å². The van der Waals surface area contributed by atoms with E-state index in [4.69, 9.17) is 4.98 Å². The van der Waals surface area contributed by atoms with Crippen molar-refractivity contribution < 1.29 is 9.18 Å². The molecule has 2 N–H and O–H groups in total. The Balaban J connectivity index is 1.56. The van der Waals surface area contributed by atoms with Gasteiger partial charge in [-0.05, 0) is 62.8 Å². The number of carbonyl (C=O) groups is 1. The summed E-state index contributed by atoms with van der Waals surface area (Å²) in [6.07, 6.45) is 9.61. The lowest BCUT2D eigenvalue weighted by molar-refractivity contribution is -0.122. The minimum absolute atomic E-state index is 0.120. The number of halogens is 1. The van der Waals surface area contributed by atoms with Gasteiger partial charge in [-0.1, -0.05) is 31.9 Å². The van der Waals surface area contributed by atoms with E-state index in [2.05, 4.69) is 30.4 Å². The smallest absolute Gasteiger partial charge is 0.223 e. The number of likely N-dealkylation sites (tertiary alicyclic amines) is 1. The number of carbonyl (C=O) groups excluding carboxylic acids is 1. The molecule has 2 heterocycles. The number of alkyl halides is 1. The molecule has 3 aliphatic rings. The molecule has 0 spiro atoms. The molecule has 1 aromatic heterocycles. The average Bonchev–Trinajstić information content (AvgIpc) is 3.70. The molecule has 1 saturated heterocycles. The maximum absolute atomic E-state index is 14.7. The molecule has 1 aromatic rings. The maximum Gasteiger partial charge on any atom is 0.223 e. The Kier molecular flexibility index (Phi) is 7.13. The normalized spacial score (nSPS) is 23.3. The number of nitrogens with zero attached hydrogens (tertiary/aromatic N) is 2. The highest BCUT2D eigenvalue weighted by atomic mass is 19.1. The summed E-state index contributed by atoms with van der Waals surface area (Å²) in [6, 6.07) is 1.68. The minimum atomic E-state index is -0.954. The average molecular weight is 451 g/mol. The summed E-state index contributed by atoms with van der Waals surface area (Å²) in [5.41, 5.74) is 5.02. The molecule has 0 radical (unpaired) electrons. The molecule has 0 aromatic carbocycles. The first-order valence-corrected chi connectivity index (χ1v) is 12.0. The van der Waals surface area contributed by atoms with Gasteiger partial charge in [0, 0.05) is 42.4 Å². The van der Waals surface area contributed by atoms with Gasteiger partial charge in [0.05, 0.1) is 17.4 Å². The predicted octanol–water partition coefficient (Wildman–Crippen LogP) is 4.29. The quantitative estimate of drug-likeness (QED) is 0.558. The van der Waals surface area contributed by atoms with Crippen molar-refractivity contribution in [2.75, 3.05) is 26.7 Å². The van der Waals surface area contributed by atoms with Crippen LogP contribution < -0.4 is 10.6 Å². The van der Waals surface area contributed by atoms with Crippen LogP contribution in [-0.2, 0) is 4.79 Å². The Bertz CT molecular complexity index is 977. The largest absolute Gasteiger partial charge is 0.379 e. The number of rotatable bonds is 10. The molecule has 176 valence electrons. The number of aromatic nitrogens is 1. The Morgan fingerprint density at radius 1 is 1.24 bits per heavy atom. The third-order valence-corrected chi connectivity index (χ3v) is 6.72. The third-order valence-electron chi connectivity index (χ3n) is 6.72. The second-order valence-electron chi connectivity index (χ2n) is 9.58. The summed E-state index contributed by atoms with van der Waals surface area (Å²) in [7, 11) is 1.94. The van der Waals surface area contributed by atoms with Crippen LogP contribution in [0.3, 0.4) is 0 Å². The maximum atomic E-state index is 14.7. The Morgan fingerprint density at radius 2 is 1.97 bits per heavy atom. The molecule has 1 aliphatic heterocycles. The van der Waals surface area contributed by atoms with Gasteiger partial charge in [-0.3, -0.25) is 4.79 Å². The molecule has 2 unspecified atom stereocenters. The first kappa shape index (κ1) is 23.4. The summed E-state index contributed by atoms with van der Waals surface area (Å²) in [5, 5.41) is 6.28. The van der Waals surface area contributed by atoms with Crippen LogP contribution in [-0.4, -0.2) is 54.7 Å². The fraction of sp³-hybridized carbons (Fsp3) is 0.481. The molecule has 0 bridgehead atoms. The van der Waals surface area contributed by atoms with Crippen molar-refractivity contribution >= 4 is 29.3 Å². The molecular formula is C27H35FN4O. The molecule has 1 amide bonds. The molecule has 2 aliphatic carbocycles. The SMILES string of the molecule is C=Cc1c(C(=C)NC2CCN(C)CC2F)cc(/C=C/CNC(=O)C2CC2)nc1C(=C)C1CC1. The van der Waals surface area contributed by atoms with E-state index in [1.807, 2.05) is 30.2 Å². The van der Waals surface area contributed by atoms with Gasteiger partial charge in [-0.15, -0.1) is 0 Å². The summed E-state index contributed by atoms with van der Waals surface area (Å²) >= 11 is 0. The first-order chi connectivity index (χ1) is 15.9. The van der Waals surface area contributed by atoms with Crippen LogP contribution in [0, 0.1) is 11.8 Å². The summed E-state index contributed by atoms with van der Waals surface area (Å²) in [6.45, 7) is 14.3. The van der Waals surface area contributed by atoms with Crippen molar-refractivity contribution in [1.82, 2.24) is 20.5 Å². The lowest BCUT2D eigenvalue weighted by Gasteiger charge is -2.34. The number of piperidine rings is 1. The highest BCUT2D eigenvalue weighted by Crippen LogP contribution is 2.42. The highest BCUT2D eigenvalue weighted by Gasteiger charge is 2.31. The van der Waals surface area contributed by atoms with Crippen molar-refractivity contribution in [3.8, 4) is 0 Å². The van der Waals surface area contributed by atoms with Crippen molar-refractivity contribution in [3.05, 3.63) is 54.4 Å². The number of hydrogen-bond acceptors (Lipinski definition) is 4. The number of hydrogen-bond donors (Lipinski definition) is 2. The second-order valence-corrected chi connectivity index (χ2v) is 9.58. The van der Waals surface area contributed by atoms with Crippen LogP contribution in [0.15, 0.2) is 31.9 Å². The number of nitrogens with one attached hydrogen (secondary N) is 2. The van der Waals surface area contributed by atoms with E-state index < -0.39 is 6.17 Å². The van der Waals surface area contributed by atoms with Gasteiger partial charge in [0.1, 0.15) is 6.17 Å². The molecule has 2 atom stereocenters. The van der Waals surface area contributed by atoms with Crippen LogP contribution >= 0.6 is 0 Å². The molecule has 4 rings (SSSR count). The van der Waals surface area contributed by atoms with Gasteiger partial charge in [0.25, 0.3) is 0 Å². The molecule has 6 heteroatoms. The van der Waals surface area contributed by atoms with Gasteiger partial charge in [-0.25, -0.2) is 9.37 Å². The van der Waals surface area contributed by atoms with Crippen molar-refractivity contribution in [1.29, 1.82) is 0 Å². The standard InChI is InChI=1S/C27H35FN4O/c1-5-22-23(18(3)30-25-12-14-32(4)16-24(25)28)15-21(31-26(22)17(2)19-8-9-19)7-6-13-29-27(33)20-10-11-20/h5-7,15,19-20,24-25,30H,1-3,8-14,16H2,4H3,(H,29,33)/b7-6+. The van der Waals surface area contributed by atoms with Crippen molar-refractivity contribution in [2.45, 2.75) is 44.3 Å². The van der Waals surface area contributed by atoms with Gasteiger partial charge < -0.3 is 15.5 Å². The predicted molar refractivity (Wildman–Crippen MR) is 134 cm³/mol. The minimum Gasteiger partial charge on any atom is -0.379 e. The van der Waals surface area contributed by atoms with Crippen LogP contribution in [0.2, 0.25) is 0 Å². The summed E-state index contributed by atoms with van der Waals surface area (Å²) in [5.74, 6) is 0.762. The molecule has 5 nitrogen and oxygen atoms in total. The Labute approximate surface area is 196 Å². The van der Waals surface area contributed by atoms with E-state index in [0.29, 0.717) is 24.7 Å². The lowest BCUT2D eigenvalue weighted by atomic mass is 9.95. The summed E-state index contributed by atoms with van der Waals surface area (Å²) in [4.78, 5) is 18.7. The summed E-state index contributed by atoms with van der Waals surface area (Å²) < 4.78 is 14.7. The number of allylic oxidation sites excluding steroid dienone is 1. The van der Waals surface area contributed by atoms with Gasteiger partial charge in [0.15, 0.2) is 0 Å². The van der Waals surface area contributed by atoms with Crippen LogP contribution in [0.5, 0.6) is 0 Å². The van der Waals surface area contributed by atoms with Crippen LogP contribution in [0.25, 0.3) is 23.4 Å². The molecule has 33 heavy (non-hydrogen) atoms. The van der Waals surface area contributed by atoms with Crippen LogP contribution in [0.4, 0.5) is 4.39 Å². The van der Waals surface area contributed by atoms with Crippen molar-refractivity contribution in [3.63, 3.8) is 0 Å². The zero-order chi connectivity index (χ0) is 23.5. The van der Waals surface area contributed by atoms with E-state index >= 15 is 0 Å². The van der Waals surface area contributed by atoms with Gasteiger partial charge >= 0.3 is 0 Å². The van der Waals surface area contributed by atoms with E-state index in [1.165, 1.54) is 0 Å². The van der Waals surface area contributed by atoms with Crippen LogP contribution in [0.1, 0.15) is 54.6 Å². The monoisotopic (exact) mass is 450 g/mol. The second kappa shape index (κ2) is 10.0. The van der Waals surface area contributed by atoms with E-state index in [-0.39, 0.29) is 17.9 Å². The zero-order valence-electron chi connectivity index (χ0n) is 19.6. The highest BCUT2D eigenvalue weighted by molar-refractivity contribution is 5.82. The fourth-order valence-corrected chi connectivity index (χ4v) is 4.34. The topological polar surface area (TPSA) is 57.3 Å². The van der Waals surface area contributed by atoms with Gasteiger partial charge in [-0.2, -0.15) is 0 Å². The molecular weight excluding hydrogens is 415 g/mol. The van der Waals surface area contributed by atoms with E-state index in [9.17, 15) is 9.18 Å². The lowest BCUT2D eigenvalue weighted by Crippen LogP contribution is -2.48. The third kappa shape index (κ3) is 5.80. The van der Waals surface area contributed by atoms with E-state index in [1.54, 1.807) is 6.08 Å². The zero-order valence-corrected chi connectivity index (χ0v) is 19.6. The fourth-order valence-electron chi connectivity index (χ4n) is 4.34. The van der Waals surface area contributed by atoms with E-state index in [0.717, 1.165) is 66.7 Å². The Hall–Kier alpha value is -2.73. The first-order valence-electron chi connectivity index (χ1n) is 12.0. The number of pyridine rings is 1. The molecule has 3 fully saturated rings. The van der Waals surface area contributed by atoms with Gasteiger partial charge in [0.2, 0.25) is 5.91 Å². The number of amides is 1. The Morgan fingerprint density at radius 3 is 2.61 bits per heavy atom. The molecule has 2 saturated carbocycles.